The Kier molecular flexibility index (Phi) is 1.25. The Morgan fingerprint density at radius 2 is 2.45 bits per heavy atom. The molecule has 2 fully saturated rings. The predicted octanol–water partition coefficient (Wildman–Crippen LogP) is -0.492. The van der Waals surface area contributed by atoms with Crippen LogP contribution < -0.4 is 11.6 Å². The SMILES string of the molecule is N=C(N)CC12CC1CN(N)C2. The van der Waals surface area contributed by atoms with E-state index in [0.29, 0.717) is 11.3 Å². The molecule has 0 aromatic carbocycles. The molecule has 0 radical (unpaired) electrons. The average molecular weight is 154 g/mol. The topological polar surface area (TPSA) is 79.1 Å². The smallest absolute Gasteiger partial charge is 0.0911 e. The van der Waals surface area contributed by atoms with Crippen LogP contribution in [-0.4, -0.2) is 23.9 Å². The van der Waals surface area contributed by atoms with Gasteiger partial charge in [-0.15, -0.1) is 0 Å². The van der Waals surface area contributed by atoms with Gasteiger partial charge in [-0.05, 0) is 17.8 Å². The number of piperidine rings is 1. The van der Waals surface area contributed by atoms with Crippen LogP contribution in [0.25, 0.3) is 0 Å². The van der Waals surface area contributed by atoms with E-state index in [0.717, 1.165) is 25.4 Å². The quantitative estimate of drug-likeness (QED) is 0.285. The number of hydrogen-bond donors (Lipinski definition) is 3. The van der Waals surface area contributed by atoms with Gasteiger partial charge in [0.05, 0.1) is 5.84 Å². The molecule has 5 N–H and O–H groups in total. The molecule has 0 aromatic rings. The molecule has 0 aromatic heterocycles. The van der Waals surface area contributed by atoms with Gasteiger partial charge in [-0.2, -0.15) is 0 Å². The summed E-state index contributed by atoms with van der Waals surface area (Å²) in [6.07, 6.45) is 1.96. The number of fused-ring (bicyclic) bond motifs is 1. The molecule has 0 spiro atoms. The number of hydrogen-bond acceptors (Lipinski definition) is 3. The molecule has 2 aliphatic rings. The lowest BCUT2D eigenvalue weighted by molar-refractivity contribution is 0.292. The Morgan fingerprint density at radius 1 is 1.73 bits per heavy atom. The Hall–Kier alpha value is -0.610. The Balaban J connectivity index is 1.99. The van der Waals surface area contributed by atoms with Gasteiger partial charge in [0.15, 0.2) is 0 Å². The predicted molar refractivity (Wildman–Crippen MR) is 42.8 cm³/mol. The van der Waals surface area contributed by atoms with Crippen LogP contribution in [0.2, 0.25) is 0 Å². The highest BCUT2D eigenvalue weighted by Gasteiger charge is 2.59. The zero-order valence-electron chi connectivity index (χ0n) is 6.51. The average Bonchev–Trinajstić information content (AvgIpc) is 2.32. The van der Waals surface area contributed by atoms with E-state index in [1.807, 2.05) is 5.01 Å². The molecule has 2 atom stereocenters. The van der Waals surface area contributed by atoms with Gasteiger partial charge >= 0.3 is 0 Å². The minimum absolute atomic E-state index is 0.306. The van der Waals surface area contributed by atoms with Crippen LogP contribution in [0.3, 0.4) is 0 Å². The fourth-order valence-corrected chi connectivity index (χ4v) is 2.29. The molecule has 62 valence electrons. The summed E-state index contributed by atoms with van der Waals surface area (Å²) >= 11 is 0. The van der Waals surface area contributed by atoms with E-state index in [1.54, 1.807) is 0 Å². The fraction of sp³-hybridized carbons (Fsp3) is 0.857. The van der Waals surface area contributed by atoms with Gasteiger partial charge in [0.25, 0.3) is 0 Å². The van der Waals surface area contributed by atoms with Gasteiger partial charge in [-0.25, -0.2) is 5.01 Å². The van der Waals surface area contributed by atoms with Crippen LogP contribution in [0.15, 0.2) is 0 Å². The first-order valence-electron chi connectivity index (χ1n) is 3.95. The number of hydrazine groups is 1. The molecule has 0 bridgehead atoms. The first-order chi connectivity index (χ1) is 5.12. The number of nitrogens with zero attached hydrogens (tertiary/aromatic N) is 1. The molecule has 1 aliphatic heterocycles. The van der Waals surface area contributed by atoms with Gasteiger partial charge < -0.3 is 5.73 Å². The van der Waals surface area contributed by atoms with Gasteiger partial charge in [-0.1, -0.05) is 0 Å². The Labute approximate surface area is 66.0 Å². The summed E-state index contributed by atoms with van der Waals surface area (Å²) in [5.74, 6) is 6.67. The summed E-state index contributed by atoms with van der Waals surface area (Å²) in [7, 11) is 0. The largest absolute Gasteiger partial charge is 0.388 e. The fourth-order valence-electron chi connectivity index (χ4n) is 2.29. The van der Waals surface area contributed by atoms with Gasteiger partial charge in [0.2, 0.25) is 0 Å². The summed E-state index contributed by atoms with van der Waals surface area (Å²) < 4.78 is 0. The van der Waals surface area contributed by atoms with E-state index in [-0.39, 0.29) is 0 Å². The van der Waals surface area contributed by atoms with E-state index < -0.39 is 0 Å². The Morgan fingerprint density at radius 3 is 2.91 bits per heavy atom. The summed E-state index contributed by atoms with van der Waals surface area (Å²) in [5, 5.41) is 9.04. The summed E-state index contributed by atoms with van der Waals surface area (Å²) in [5.41, 5.74) is 5.66. The molecular formula is C7H14N4. The third-order valence-electron chi connectivity index (χ3n) is 2.87. The first-order valence-corrected chi connectivity index (χ1v) is 3.95. The van der Waals surface area contributed by atoms with Crippen molar-refractivity contribution in [3.8, 4) is 0 Å². The van der Waals surface area contributed by atoms with Crippen molar-refractivity contribution in [2.45, 2.75) is 12.8 Å². The summed E-state index contributed by atoms with van der Waals surface area (Å²) in [6.45, 7) is 1.92. The molecule has 1 saturated heterocycles. The van der Waals surface area contributed by atoms with E-state index in [4.69, 9.17) is 17.0 Å². The maximum Gasteiger partial charge on any atom is 0.0911 e. The number of nitrogens with two attached hydrogens (primary N) is 2. The lowest BCUT2D eigenvalue weighted by Gasteiger charge is -2.14. The molecule has 4 nitrogen and oxygen atoms in total. The summed E-state index contributed by atoms with van der Waals surface area (Å²) in [6, 6.07) is 0. The monoisotopic (exact) mass is 154 g/mol. The Bertz CT molecular complexity index is 203. The van der Waals surface area contributed by atoms with Crippen molar-refractivity contribution in [3.63, 3.8) is 0 Å². The molecule has 1 aliphatic carbocycles. The maximum atomic E-state index is 7.20. The van der Waals surface area contributed by atoms with Crippen LogP contribution >= 0.6 is 0 Å². The zero-order valence-corrected chi connectivity index (χ0v) is 6.51. The van der Waals surface area contributed by atoms with Gasteiger partial charge in [0, 0.05) is 19.5 Å². The van der Waals surface area contributed by atoms with Crippen molar-refractivity contribution in [1.29, 1.82) is 5.41 Å². The third kappa shape index (κ3) is 1.02. The van der Waals surface area contributed by atoms with Gasteiger partial charge in [0.1, 0.15) is 0 Å². The third-order valence-corrected chi connectivity index (χ3v) is 2.87. The van der Waals surface area contributed by atoms with Crippen molar-refractivity contribution in [2.24, 2.45) is 22.9 Å². The second kappa shape index (κ2) is 1.95. The molecule has 2 rings (SSSR count). The highest BCUT2D eigenvalue weighted by molar-refractivity contribution is 5.78. The highest BCUT2D eigenvalue weighted by atomic mass is 15.4. The number of rotatable bonds is 2. The van der Waals surface area contributed by atoms with E-state index in [1.165, 1.54) is 6.42 Å². The standard InChI is InChI=1S/C7H14N4/c8-6(9)2-7-1-5(7)3-11(10)4-7/h5H,1-4,10H2,(H3,8,9). The summed E-state index contributed by atoms with van der Waals surface area (Å²) in [4.78, 5) is 0. The normalized spacial score (nSPS) is 42.1. The number of nitrogens with one attached hydrogen (secondary N) is 1. The minimum Gasteiger partial charge on any atom is -0.388 e. The van der Waals surface area contributed by atoms with Crippen molar-refractivity contribution >= 4 is 5.84 Å². The molecule has 1 saturated carbocycles. The first kappa shape index (κ1) is 7.06. The zero-order chi connectivity index (χ0) is 8.06. The molecule has 11 heavy (non-hydrogen) atoms. The van der Waals surface area contributed by atoms with Crippen LogP contribution in [0.1, 0.15) is 12.8 Å². The van der Waals surface area contributed by atoms with Crippen LogP contribution in [0.5, 0.6) is 0 Å². The molecule has 2 unspecified atom stereocenters. The molecule has 4 heteroatoms. The van der Waals surface area contributed by atoms with Crippen molar-refractivity contribution in [3.05, 3.63) is 0 Å². The van der Waals surface area contributed by atoms with Crippen LogP contribution in [0, 0.1) is 16.7 Å². The van der Waals surface area contributed by atoms with E-state index in [2.05, 4.69) is 0 Å². The molecular weight excluding hydrogens is 140 g/mol. The van der Waals surface area contributed by atoms with Crippen molar-refractivity contribution in [2.75, 3.05) is 13.1 Å². The van der Waals surface area contributed by atoms with Gasteiger partial charge in [-0.3, -0.25) is 11.3 Å². The van der Waals surface area contributed by atoms with E-state index in [9.17, 15) is 0 Å². The maximum absolute atomic E-state index is 7.20. The van der Waals surface area contributed by atoms with Crippen molar-refractivity contribution < 1.29 is 0 Å². The van der Waals surface area contributed by atoms with Crippen LogP contribution in [0.4, 0.5) is 0 Å². The molecule has 0 amide bonds. The van der Waals surface area contributed by atoms with Crippen LogP contribution in [-0.2, 0) is 0 Å². The lowest BCUT2D eigenvalue weighted by Crippen LogP contribution is -2.32. The minimum atomic E-state index is 0.306. The second-order valence-electron chi connectivity index (χ2n) is 3.89. The highest BCUT2D eigenvalue weighted by Crippen LogP contribution is 2.59. The number of amidine groups is 1. The second-order valence-corrected chi connectivity index (χ2v) is 3.89. The van der Waals surface area contributed by atoms with Crippen molar-refractivity contribution in [1.82, 2.24) is 5.01 Å². The lowest BCUT2D eigenvalue weighted by atomic mass is 10.0. The molecule has 1 heterocycles. The van der Waals surface area contributed by atoms with E-state index >= 15 is 0 Å².